The van der Waals surface area contributed by atoms with Crippen molar-refractivity contribution in [2.45, 2.75) is 13.8 Å². The van der Waals surface area contributed by atoms with E-state index >= 15 is 0 Å². The molecule has 0 saturated carbocycles. The maximum Gasteiger partial charge on any atom is 0.347 e. The average Bonchev–Trinajstić information content (AvgIpc) is 3.36. The number of allylic oxidation sites excluding steroid dienone is 1. The molecular weight excluding hydrogens is 444 g/mol. The van der Waals surface area contributed by atoms with E-state index in [2.05, 4.69) is 27.1 Å². The number of nitrogens with zero attached hydrogens (tertiary/aromatic N) is 2. The second-order valence-corrected chi connectivity index (χ2v) is 8.20. The lowest BCUT2D eigenvalue weighted by molar-refractivity contribution is -0.139. The second kappa shape index (κ2) is 10.3. The number of rotatable bonds is 6. The van der Waals surface area contributed by atoms with Gasteiger partial charge >= 0.3 is 5.97 Å². The Morgan fingerprint density at radius 2 is 2.14 bits per heavy atom. The minimum absolute atomic E-state index is 0.0177. The Morgan fingerprint density at radius 1 is 1.31 bits per heavy atom. The van der Waals surface area contributed by atoms with Crippen LogP contribution in [0.5, 0.6) is 0 Å². The number of hydrogen-bond acceptors (Lipinski definition) is 7. The first kappa shape index (κ1) is 23.8. The summed E-state index contributed by atoms with van der Waals surface area (Å²) in [6, 6.07) is 9.33. The van der Waals surface area contributed by atoms with E-state index in [-0.39, 0.29) is 23.8 Å². The Bertz CT molecular complexity index is 1420. The Kier molecular flexibility index (Phi) is 6.99. The highest BCUT2D eigenvalue weighted by molar-refractivity contribution is 6.26. The largest absolute Gasteiger partial charge is 0.462 e. The number of ether oxygens (including phenoxy) is 2. The summed E-state index contributed by atoms with van der Waals surface area (Å²) in [6.45, 7) is 4.39. The van der Waals surface area contributed by atoms with E-state index in [1.165, 1.54) is 0 Å². The number of pyridine rings is 1. The molecule has 8 nitrogen and oxygen atoms in total. The molecule has 1 aromatic carbocycles. The van der Waals surface area contributed by atoms with Crippen molar-refractivity contribution in [3.05, 3.63) is 76.6 Å². The van der Waals surface area contributed by atoms with Gasteiger partial charge in [-0.3, -0.25) is 9.69 Å². The number of carbonyl (C=O) groups excluding carboxylic acids is 2. The molecule has 0 bridgehead atoms. The number of hydrogen-bond donors (Lipinski definition) is 2. The van der Waals surface area contributed by atoms with Crippen molar-refractivity contribution in [3.8, 4) is 11.8 Å². The molecule has 0 unspecified atom stereocenters. The third-order valence-electron chi connectivity index (χ3n) is 5.24. The summed E-state index contributed by atoms with van der Waals surface area (Å²) in [5, 5.41) is 3.93. The van der Waals surface area contributed by atoms with Crippen LogP contribution in [-0.2, 0) is 19.1 Å². The van der Waals surface area contributed by atoms with Gasteiger partial charge in [-0.2, -0.15) is 0 Å². The van der Waals surface area contributed by atoms with Gasteiger partial charge in [-0.25, -0.2) is 9.78 Å². The minimum Gasteiger partial charge on any atom is -0.462 e. The van der Waals surface area contributed by atoms with Gasteiger partial charge in [0.05, 0.1) is 13.2 Å². The van der Waals surface area contributed by atoms with Crippen LogP contribution in [0.3, 0.4) is 0 Å². The minimum atomic E-state index is -0.743. The van der Waals surface area contributed by atoms with Crippen molar-refractivity contribution in [2.75, 3.05) is 32.6 Å². The summed E-state index contributed by atoms with van der Waals surface area (Å²) in [5.41, 5.74) is 3.67. The lowest BCUT2D eigenvalue weighted by Gasteiger charge is -2.11. The van der Waals surface area contributed by atoms with Crippen molar-refractivity contribution in [2.24, 2.45) is 0 Å². The molecule has 4 rings (SSSR count). The van der Waals surface area contributed by atoms with Gasteiger partial charge in [-0.15, -0.1) is 0 Å². The number of esters is 1. The highest BCUT2D eigenvalue weighted by atomic mass is 16.5. The molecule has 2 N–H and O–H groups in total. The SMILES string of the molecule is CCOC(=O)C1=C(Nc2ccc(C#CCN(C)C)cc2C)O/C(=C\c2c[nH]c3ncccc23)C1=O. The number of aromatic nitrogens is 2. The van der Waals surface area contributed by atoms with Gasteiger partial charge in [0.15, 0.2) is 11.3 Å². The second-order valence-electron chi connectivity index (χ2n) is 8.20. The molecule has 3 aromatic rings. The molecule has 2 aromatic heterocycles. The monoisotopic (exact) mass is 470 g/mol. The fourth-order valence-electron chi connectivity index (χ4n) is 3.55. The number of H-pyrrole nitrogens is 1. The Morgan fingerprint density at radius 3 is 2.89 bits per heavy atom. The number of fused-ring (bicyclic) bond motifs is 1. The van der Waals surface area contributed by atoms with Crippen molar-refractivity contribution in [3.63, 3.8) is 0 Å². The molecule has 3 heterocycles. The number of aryl methyl sites for hydroxylation is 1. The zero-order valence-electron chi connectivity index (χ0n) is 20.1. The maximum atomic E-state index is 13.2. The quantitative estimate of drug-likeness (QED) is 0.246. The third kappa shape index (κ3) is 5.26. The van der Waals surface area contributed by atoms with Crippen molar-refractivity contribution in [1.82, 2.24) is 14.9 Å². The highest BCUT2D eigenvalue weighted by Crippen LogP contribution is 2.31. The molecule has 0 fully saturated rings. The summed E-state index contributed by atoms with van der Waals surface area (Å²) in [6.07, 6.45) is 5.00. The molecule has 0 radical (unpaired) electrons. The van der Waals surface area contributed by atoms with Gasteiger partial charge in [-0.05, 0) is 69.9 Å². The fourth-order valence-corrected chi connectivity index (χ4v) is 3.55. The van der Waals surface area contributed by atoms with Crippen LogP contribution in [-0.4, -0.2) is 53.9 Å². The molecule has 0 spiro atoms. The van der Waals surface area contributed by atoms with E-state index in [4.69, 9.17) is 9.47 Å². The molecule has 8 heteroatoms. The summed E-state index contributed by atoms with van der Waals surface area (Å²) in [5.74, 6) is 4.99. The van der Waals surface area contributed by atoms with Crippen LogP contribution in [0.25, 0.3) is 17.1 Å². The lowest BCUT2D eigenvalue weighted by Crippen LogP contribution is -2.16. The topological polar surface area (TPSA) is 96.6 Å². The molecule has 0 saturated heterocycles. The van der Waals surface area contributed by atoms with Gasteiger partial charge in [-0.1, -0.05) is 11.8 Å². The first-order valence-electron chi connectivity index (χ1n) is 11.2. The molecule has 0 atom stereocenters. The van der Waals surface area contributed by atoms with Crippen LogP contribution in [0.1, 0.15) is 23.6 Å². The molecule has 0 amide bonds. The predicted molar refractivity (Wildman–Crippen MR) is 134 cm³/mol. The van der Waals surface area contributed by atoms with Crippen LogP contribution >= 0.6 is 0 Å². The van der Waals surface area contributed by atoms with Gasteiger partial charge in [0.25, 0.3) is 0 Å². The number of nitrogens with one attached hydrogen (secondary N) is 2. The molecule has 1 aliphatic rings. The Labute approximate surface area is 203 Å². The number of carbonyl (C=O) groups is 2. The first-order valence-corrected chi connectivity index (χ1v) is 11.2. The predicted octanol–water partition coefficient (Wildman–Crippen LogP) is 3.61. The fraction of sp³-hybridized carbons (Fsp3) is 0.222. The number of benzene rings is 1. The smallest absolute Gasteiger partial charge is 0.347 e. The van der Waals surface area contributed by atoms with E-state index in [0.717, 1.165) is 22.1 Å². The van der Waals surface area contributed by atoms with Crippen molar-refractivity contribution < 1.29 is 19.1 Å². The van der Waals surface area contributed by atoms with E-state index in [0.29, 0.717) is 17.9 Å². The van der Waals surface area contributed by atoms with Gasteiger partial charge in [0, 0.05) is 34.6 Å². The normalized spacial score (nSPS) is 14.3. The van der Waals surface area contributed by atoms with Crippen LogP contribution in [0.4, 0.5) is 5.69 Å². The van der Waals surface area contributed by atoms with E-state index in [1.54, 1.807) is 25.4 Å². The van der Waals surface area contributed by atoms with Crippen LogP contribution in [0.2, 0.25) is 0 Å². The molecule has 178 valence electrons. The Balaban J connectivity index is 1.64. The zero-order valence-corrected chi connectivity index (χ0v) is 20.1. The van der Waals surface area contributed by atoms with E-state index in [1.807, 2.05) is 56.3 Å². The van der Waals surface area contributed by atoms with Crippen LogP contribution < -0.4 is 5.32 Å². The number of aromatic amines is 1. The van der Waals surface area contributed by atoms with Gasteiger partial charge < -0.3 is 19.8 Å². The summed E-state index contributed by atoms with van der Waals surface area (Å²) >= 11 is 0. The molecule has 1 aliphatic heterocycles. The van der Waals surface area contributed by atoms with E-state index < -0.39 is 11.8 Å². The lowest BCUT2D eigenvalue weighted by atomic mass is 10.1. The highest BCUT2D eigenvalue weighted by Gasteiger charge is 2.37. The zero-order chi connectivity index (χ0) is 24.9. The number of Topliss-reactive ketones (excluding diaryl/α,β-unsaturated/α-hetero) is 1. The molecular formula is C27H26N4O4. The average molecular weight is 471 g/mol. The summed E-state index contributed by atoms with van der Waals surface area (Å²) < 4.78 is 11.0. The van der Waals surface area contributed by atoms with Crippen molar-refractivity contribution >= 4 is 34.5 Å². The van der Waals surface area contributed by atoms with Crippen LogP contribution in [0, 0.1) is 18.8 Å². The van der Waals surface area contributed by atoms with Crippen molar-refractivity contribution in [1.29, 1.82) is 0 Å². The molecule has 35 heavy (non-hydrogen) atoms. The molecule has 0 aliphatic carbocycles. The van der Waals surface area contributed by atoms with Gasteiger partial charge in [0.1, 0.15) is 5.65 Å². The van der Waals surface area contributed by atoms with E-state index in [9.17, 15) is 9.59 Å². The standard InChI is InChI=1S/C27H26N4O4/c1-5-34-27(33)23-24(32)22(15-19-16-29-25-20(19)9-6-12-28-25)35-26(23)30-21-11-10-18(14-17(21)2)8-7-13-31(3)4/h6,9-12,14-16,30H,5,13H2,1-4H3,(H,28,29)/b22-15-. The first-order chi connectivity index (χ1) is 16.9. The van der Waals surface area contributed by atoms with Crippen LogP contribution in [0.15, 0.2) is 59.9 Å². The Hall–Kier alpha value is -4.35. The summed E-state index contributed by atoms with van der Waals surface area (Å²) in [4.78, 5) is 35.1. The maximum absolute atomic E-state index is 13.2. The number of anilines is 1. The summed E-state index contributed by atoms with van der Waals surface area (Å²) in [7, 11) is 3.92. The van der Waals surface area contributed by atoms with Gasteiger partial charge in [0.2, 0.25) is 11.7 Å². The third-order valence-corrected chi connectivity index (χ3v) is 5.24. The number of ketones is 1.